The molecule has 23 heavy (non-hydrogen) atoms. The minimum Gasteiger partial charge on any atom is -0.477 e. The molecule has 2 aromatic heterocycles. The summed E-state index contributed by atoms with van der Waals surface area (Å²) in [5.41, 5.74) is 1.68. The molecule has 1 aliphatic heterocycles. The van der Waals surface area contributed by atoms with Crippen molar-refractivity contribution in [3.8, 4) is 0 Å². The fraction of sp³-hybridized carbons (Fsp3) is 0.438. The molecule has 2 aromatic rings. The number of fused-ring (bicyclic) bond motifs is 1. The zero-order chi connectivity index (χ0) is 16.0. The summed E-state index contributed by atoms with van der Waals surface area (Å²) in [4.78, 5) is 34.4. The van der Waals surface area contributed by atoms with E-state index in [2.05, 4.69) is 14.9 Å². The summed E-state index contributed by atoms with van der Waals surface area (Å²) in [5.74, 6) is 0.414. The van der Waals surface area contributed by atoms with E-state index in [-0.39, 0.29) is 5.56 Å². The van der Waals surface area contributed by atoms with E-state index < -0.39 is 5.97 Å². The lowest BCUT2D eigenvalue weighted by Gasteiger charge is -2.27. The van der Waals surface area contributed by atoms with Crippen molar-refractivity contribution in [3.63, 3.8) is 0 Å². The van der Waals surface area contributed by atoms with Gasteiger partial charge in [-0.25, -0.2) is 9.78 Å². The maximum atomic E-state index is 12.3. The van der Waals surface area contributed by atoms with Gasteiger partial charge in [0, 0.05) is 36.9 Å². The summed E-state index contributed by atoms with van der Waals surface area (Å²) in [5, 5.41) is 8.99. The van der Waals surface area contributed by atoms with Crippen LogP contribution in [-0.4, -0.2) is 32.5 Å². The second-order valence-electron chi connectivity index (χ2n) is 6.18. The molecule has 1 aliphatic carbocycles. The number of aromatic carboxylic acids is 1. The fourth-order valence-corrected chi connectivity index (χ4v) is 3.87. The molecule has 6 nitrogen and oxygen atoms in total. The first-order chi connectivity index (χ1) is 11.1. The topological polar surface area (TPSA) is 86.3 Å². The summed E-state index contributed by atoms with van der Waals surface area (Å²) < 4.78 is 0. The molecule has 0 unspecified atom stereocenters. The van der Waals surface area contributed by atoms with Crippen LogP contribution in [0.5, 0.6) is 0 Å². The van der Waals surface area contributed by atoms with Crippen molar-refractivity contribution in [2.45, 2.75) is 38.3 Å². The first-order valence-electron chi connectivity index (χ1n) is 7.76. The van der Waals surface area contributed by atoms with Gasteiger partial charge in [-0.1, -0.05) is 0 Å². The maximum absolute atomic E-state index is 12.3. The minimum absolute atomic E-state index is 0.0148. The molecule has 0 radical (unpaired) electrons. The highest BCUT2D eigenvalue weighted by molar-refractivity contribution is 7.13. The molecule has 0 amide bonds. The number of H-pyrrole nitrogens is 1. The molecule has 1 saturated carbocycles. The van der Waals surface area contributed by atoms with Gasteiger partial charge in [0.15, 0.2) is 0 Å². The van der Waals surface area contributed by atoms with Crippen LogP contribution in [0.15, 0.2) is 16.9 Å². The van der Waals surface area contributed by atoms with Gasteiger partial charge in [-0.3, -0.25) is 9.69 Å². The minimum atomic E-state index is -0.890. The molecule has 7 heteroatoms. The van der Waals surface area contributed by atoms with Gasteiger partial charge < -0.3 is 10.1 Å². The molecule has 0 saturated heterocycles. The number of thiophene rings is 1. The first kappa shape index (κ1) is 14.6. The second kappa shape index (κ2) is 5.58. The molecule has 3 heterocycles. The van der Waals surface area contributed by atoms with Gasteiger partial charge in [0.2, 0.25) is 0 Å². The molecular weight excluding hydrogens is 314 g/mol. The van der Waals surface area contributed by atoms with Crippen molar-refractivity contribution in [2.75, 3.05) is 6.54 Å². The highest BCUT2D eigenvalue weighted by Gasteiger charge is 2.29. The summed E-state index contributed by atoms with van der Waals surface area (Å²) >= 11 is 1.29. The summed E-state index contributed by atoms with van der Waals surface area (Å²) in [6.45, 7) is 2.08. The van der Waals surface area contributed by atoms with Gasteiger partial charge >= 0.3 is 5.97 Å². The van der Waals surface area contributed by atoms with Crippen molar-refractivity contribution in [3.05, 3.63) is 49.3 Å². The Hall–Kier alpha value is -1.99. The van der Waals surface area contributed by atoms with Crippen LogP contribution in [0.1, 0.15) is 50.4 Å². The molecule has 0 atom stereocenters. The largest absolute Gasteiger partial charge is 0.477 e. The van der Waals surface area contributed by atoms with Crippen LogP contribution in [0.2, 0.25) is 0 Å². The van der Waals surface area contributed by atoms with E-state index in [4.69, 9.17) is 5.11 Å². The maximum Gasteiger partial charge on any atom is 0.345 e. The monoisotopic (exact) mass is 331 g/mol. The number of aromatic amines is 1. The Balaban J connectivity index is 1.51. The lowest BCUT2D eigenvalue weighted by atomic mass is 10.1. The molecule has 1 fully saturated rings. The number of rotatable bonds is 4. The Morgan fingerprint density at radius 3 is 2.96 bits per heavy atom. The summed E-state index contributed by atoms with van der Waals surface area (Å²) in [6, 6.07) is 3.48. The Kier molecular flexibility index (Phi) is 3.54. The quantitative estimate of drug-likeness (QED) is 0.894. The normalized spacial score (nSPS) is 17.9. The van der Waals surface area contributed by atoms with Gasteiger partial charge in [0.25, 0.3) is 5.56 Å². The molecule has 4 rings (SSSR count). The third kappa shape index (κ3) is 2.94. The average molecular weight is 331 g/mol. The van der Waals surface area contributed by atoms with Crippen LogP contribution in [0.25, 0.3) is 0 Å². The van der Waals surface area contributed by atoms with E-state index in [1.807, 2.05) is 6.07 Å². The van der Waals surface area contributed by atoms with Crippen LogP contribution in [0, 0.1) is 0 Å². The average Bonchev–Trinajstić information content (AvgIpc) is 3.27. The van der Waals surface area contributed by atoms with Crippen molar-refractivity contribution < 1.29 is 9.90 Å². The molecule has 2 N–H and O–H groups in total. The molecular formula is C16H17N3O3S. The van der Waals surface area contributed by atoms with Gasteiger partial charge in [0.05, 0.1) is 11.3 Å². The highest BCUT2D eigenvalue weighted by Crippen LogP contribution is 2.37. The summed E-state index contributed by atoms with van der Waals surface area (Å²) in [7, 11) is 0. The smallest absolute Gasteiger partial charge is 0.345 e. The number of carboxylic acids is 1. The predicted molar refractivity (Wildman–Crippen MR) is 85.9 cm³/mol. The number of hydrogen-bond donors (Lipinski definition) is 2. The molecule has 0 aromatic carbocycles. The lowest BCUT2D eigenvalue weighted by molar-refractivity contribution is 0.0702. The van der Waals surface area contributed by atoms with E-state index in [1.165, 1.54) is 11.3 Å². The SMILES string of the molecule is O=C(O)c1ccc(CN2CCc3nc(C4CC4)[nH]c(=O)c3C2)s1. The number of carbonyl (C=O) groups is 1. The van der Waals surface area contributed by atoms with E-state index in [1.54, 1.807) is 6.07 Å². The van der Waals surface area contributed by atoms with Gasteiger partial charge in [-0.15, -0.1) is 11.3 Å². The van der Waals surface area contributed by atoms with Crippen LogP contribution in [0.3, 0.4) is 0 Å². The molecule has 2 aliphatic rings. The standard InChI is InChI=1S/C16H17N3O3S/c20-15-11-8-19(7-10-3-4-13(23-10)16(21)22)6-5-12(11)17-14(18-15)9-1-2-9/h3-4,9H,1-2,5-8H2,(H,21,22)(H,17,18,20). The molecule has 120 valence electrons. The number of nitrogens with zero attached hydrogens (tertiary/aromatic N) is 2. The second-order valence-corrected chi connectivity index (χ2v) is 7.35. The highest BCUT2D eigenvalue weighted by atomic mass is 32.1. The zero-order valence-electron chi connectivity index (χ0n) is 12.5. The third-order valence-corrected chi connectivity index (χ3v) is 5.44. The van der Waals surface area contributed by atoms with Crippen molar-refractivity contribution in [1.82, 2.24) is 14.9 Å². The van der Waals surface area contributed by atoms with Crippen LogP contribution in [0.4, 0.5) is 0 Å². The van der Waals surface area contributed by atoms with Crippen LogP contribution in [-0.2, 0) is 19.5 Å². The third-order valence-electron chi connectivity index (χ3n) is 4.38. The number of aromatic nitrogens is 2. The first-order valence-corrected chi connectivity index (χ1v) is 8.58. The van der Waals surface area contributed by atoms with Crippen LogP contribution >= 0.6 is 11.3 Å². The van der Waals surface area contributed by atoms with Gasteiger partial charge in [0.1, 0.15) is 10.7 Å². The Bertz CT molecular complexity index is 822. The molecule has 0 spiro atoms. The summed E-state index contributed by atoms with van der Waals surface area (Å²) in [6.07, 6.45) is 3.02. The number of carboxylic acid groups (broad SMARTS) is 1. The van der Waals surface area contributed by atoms with Gasteiger partial charge in [-0.2, -0.15) is 0 Å². The van der Waals surface area contributed by atoms with E-state index in [9.17, 15) is 9.59 Å². The Labute approximate surface area is 136 Å². The van der Waals surface area contributed by atoms with E-state index >= 15 is 0 Å². The number of nitrogens with one attached hydrogen (secondary N) is 1. The molecule has 0 bridgehead atoms. The Morgan fingerprint density at radius 2 is 2.26 bits per heavy atom. The van der Waals surface area contributed by atoms with Gasteiger partial charge in [-0.05, 0) is 25.0 Å². The lowest BCUT2D eigenvalue weighted by Crippen LogP contribution is -2.35. The Morgan fingerprint density at radius 1 is 1.43 bits per heavy atom. The predicted octanol–water partition coefficient (Wildman–Crippen LogP) is 1.97. The number of hydrogen-bond acceptors (Lipinski definition) is 5. The van der Waals surface area contributed by atoms with Crippen molar-refractivity contribution in [2.24, 2.45) is 0 Å². The van der Waals surface area contributed by atoms with E-state index in [0.29, 0.717) is 23.9 Å². The van der Waals surface area contributed by atoms with Crippen molar-refractivity contribution >= 4 is 17.3 Å². The van der Waals surface area contributed by atoms with Crippen LogP contribution < -0.4 is 5.56 Å². The van der Waals surface area contributed by atoms with E-state index in [0.717, 1.165) is 47.8 Å². The van der Waals surface area contributed by atoms with Crippen molar-refractivity contribution in [1.29, 1.82) is 0 Å². The zero-order valence-corrected chi connectivity index (χ0v) is 13.4. The fourth-order valence-electron chi connectivity index (χ4n) is 2.98.